The van der Waals surface area contributed by atoms with Crippen molar-refractivity contribution in [2.45, 2.75) is 19.3 Å². The predicted molar refractivity (Wildman–Crippen MR) is 94.6 cm³/mol. The molecule has 2 N–H and O–H groups in total. The van der Waals surface area contributed by atoms with E-state index < -0.39 is 5.97 Å². The molecule has 0 bridgehead atoms. The molecule has 1 aromatic carbocycles. The average Bonchev–Trinajstić information content (AvgIpc) is 3.11. The number of rotatable bonds is 7. The van der Waals surface area contributed by atoms with Gasteiger partial charge in [0.15, 0.2) is 11.5 Å². The van der Waals surface area contributed by atoms with Crippen molar-refractivity contribution in [1.29, 1.82) is 0 Å². The third-order valence-corrected chi connectivity index (χ3v) is 4.89. The van der Waals surface area contributed by atoms with Gasteiger partial charge in [-0.1, -0.05) is 0 Å². The number of thiophene rings is 1. The molecule has 1 aliphatic heterocycles. The van der Waals surface area contributed by atoms with E-state index in [2.05, 4.69) is 5.32 Å². The smallest absolute Gasteiger partial charge is 0.303 e. The minimum atomic E-state index is -0.811. The summed E-state index contributed by atoms with van der Waals surface area (Å²) < 4.78 is 11.1. The Bertz CT molecular complexity index is 771. The Hall–Kier alpha value is -2.54. The molecule has 2 heterocycles. The molecule has 1 aromatic heterocycles. The first-order valence-corrected chi connectivity index (χ1v) is 8.95. The number of unbranched alkanes of at least 4 members (excludes halogenated alkanes) is 1. The Morgan fingerprint density at radius 2 is 1.88 bits per heavy atom. The number of carboxylic acid groups (broad SMARTS) is 1. The molecule has 0 aliphatic carbocycles. The van der Waals surface area contributed by atoms with Gasteiger partial charge in [0.1, 0.15) is 13.2 Å². The van der Waals surface area contributed by atoms with Gasteiger partial charge in [0.2, 0.25) is 0 Å². The van der Waals surface area contributed by atoms with Crippen LogP contribution < -0.4 is 14.8 Å². The zero-order valence-electron chi connectivity index (χ0n) is 13.6. The highest BCUT2D eigenvalue weighted by molar-refractivity contribution is 7.17. The number of carboxylic acids is 1. The van der Waals surface area contributed by atoms with E-state index in [-0.39, 0.29) is 12.3 Å². The lowest BCUT2D eigenvalue weighted by Gasteiger charge is -2.18. The topological polar surface area (TPSA) is 84.9 Å². The highest BCUT2D eigenvalue weighted by atomic mass is 32.1. The lowest BCUT2D eigenvalue weighted by atomic mass is 10.1. The molecule has 0 fully saturated rings. The fourth-order valence-corrected chi connectivity index (χ4v) is 3.42. The van der Waals surface area contributed by atoms with Crippen LogP contribution in [0.15, 0.2) is 30.3 Å². The second-order valence-corrected chi connectivity index (χ2v) is 6.71. The Labute approximate surface area is 149 Å². The summed E-state index contributed by atoms with van der Waals surface area (Å²) in [5, 5.41) is 11.4. The van der Waals surface area contributed by atoms with Gasteiger partial charge in [0.05, 0.1) is 4.88 Å². The van der Waals surface area contributed by atoms with Crippen LogP contribution in [0, 0.1) is 0 Å². The predicted octanol–water partition coefficient (Wildman–Crippen LogP) is 3.17. The van der Waals surface area contributed by atoms with Crippen molar-refractivity contribution in [2.24, 2.45) is 0 Å². The van der Waals surface area contributed by atoms with Gasteiger partial charge in [-0.2, -0.15) is 0 Å². The first kappa shape index (κ1) is 17.3. The summed E-state index contributed by atoms with van der Waals surface area (Å²) in [4.78, 5) is 24.2. The van der Waals surface area contributed by atoms with Gasteiger partial charge in [0.25, 0.3) is 5.91 Å². The molecule has 0 saturated heterocycles. The lowest BCUT2D eigenvalue weighted by molar-refractivity contribution is -0.137. The maximum atomic E-state index is 12.2. The number of fused-ring (bicyclic) bond motifs is 1. The van der Waals surface area contributed by atoms with E-state index in [1.807, 2.05) is 24.3 Å². The third kappa shape index (κ3) is 4.51. The van der Waals surface area contributed by atoms with Gasteiger partial charge in [-0.3, -0.25) is 9.59 Å². The number of carbonyl (C=O) groups is 2. The fraction of sp³-hybridized carbons (Fsp3) is 0.333. The van der Waals surface area contributed by atoms with E-state index in [1.54, 1.807) is 6.07 Å². The maximum absolute atomic E-state index is 12.2. The number of carbonyl (C=O) groups excluding carboxylic acids is 1. The SMILES string of the molecule is O=C(O)CCCCNC(=O)c1ccc(-c2ccc3c(c2)OCCO3)s1. The number of benzene rings is 1. The van der Waals surface area contributed by atoms with Crippen molar-refractivity contribution in [3.8, 4) is 21.9 Å². The fourth-order valence-electron chi connectivity index (χ4n) is 2.50. The van der Waals surface area contributed by atoms with Crippen molar-refractivity contribution in [3.63, 3.8) is 0 Å². The van der Waals surface area contributed by atoms with Crippen LogP contribution in [0.3, 0.4) is 0 Å². The van der Waals surface area contributed by atoms with Crippen LogP contribution in [0.25, 0.3) is 10.4 Å². The summed E-state index contributed by atoms with van der Waals surface area (Å²) in [6, 6.07) is 9.46. The zero-order valence-corrected chi connectivity index (χ0v) is 14.4. The first-order chi connectivity index (χ1) is 12.1. The minimum Gasteiger partial charge on any atom is -0.486 e. The van der Waals surface area contributed by atoms with E-state index in [0.717, 1.165) is 21.9 Å². The van der Waals surface area contributed by atoms with E-state index in [0.29, 0.717) is 37.5 Å². The van der Waals surface area contributed by atoms with E-state index in [1.165, 1.54) is 11.3 Å². The van der Waals surface area contributed by atoms with Crippen LogP contribution in [-0.2, 0) is 4.79 Å². The molecule has 0 spiro atoms. The van der Waals surface area contributed by atoms with Crippen molar-refractivity contribution >= 4 is 23.2 Å². The third-order valence-electron chi connectivity index (χ3n) is 3.76. The number of hydrogen-bond acceptors (Lipinski definition) is 5. The van der Waals surface area contributed by atoms with Crippen molar-refractivity contribution < 1.29 is 24.2 Å². The molecular weight excluding hydrogens is 342 g/mol. The molecule has 1 aliphatic rings. The van der Waals surface area contributed by atoms with Crippen LogP contribution in [0.5, 0.6) is 11.5 Å². The Morgan fingerprint density at radius 1 is 1.08 bits per heavy atom. The maximum Gasteiger partial charge on any atom is 0.303 e. The highest BCUT2D eigenvalue weighted by Crippen LogP contribution is 2.36. The normalized spacial score (nSPS) is 12.6. The van der Waals surface area contributed by atoms with Crippen LogP contribution >= 0.6 is 11.3 Å². The number of ether oxygens (including phenoxy) is 2. The molecule has 2 aromatic rings. The summed E-state index contributed by atoms with van der Waals surface area (Å²) in [6.45, 7) is 1.57. The van der Waals surface area contributed by atoms with Crippen LogP contribution in [0.2, 0.25) is 0 Å². The summed E-state index contributed by atoms with van der Waals surface area (Å²) in [5.41, 5.74) is 0.981. The van der Waals surface area contributed by atoms with Crippen LogP contribution in [0.1, 0.15) is 28.9 Å². The molecule has 0 unspecified atom stereocenters. The zero-order chi connectivity index (χ0) is 17.6. The monoisotopic (exact) mass is 361 g/mol. The van der Waals surface area contributed by atoms with Crippen molar-refractivity contribution in [3.05, 3.63) is 35.2 Å². The molecule has 1 amide bonds. The molecule has 6 nitrogen and oxygen atoms in total. The number of nitrogens with one attached hydrogen (secondary N) is 1. The Morgan fingerprint density at radius 3 is 2.68 bits per heavy atom. The van der Waals surface area contributed by atoms with Gasteiger partial charge < -0.3 is 19.9 Å². The lowest BCUT2D eigenvalue weighted by Crippen LogP contribution is -2.23. The Kier molecular flexibility index (Phi) is 5.55. The van der Waals surface area contributed by atoms with Gasteiger partial charge in [-0.15, -0.1) is 11.3 Å². The van der Waals surface area contributed by atoms with Crippen LogP contribution in [-0.4, -0.2) is 36.7 Å². The van der Waals surface area contributed by atoms with Gasteiger partial charge in [-0.05, 0) is 48.7 Å². The van der Waals surface area contributed by atoms with Crippen molar-refractivity contribution in [1.82, 2.24) is 5.32 Å². The number of amides is 1. The first-order valence-electron chi connectivity index (χ1n) is 8.13. The van der Waals surface area contributed by atoms with Gasteiger partial charge in [-0.25, -0.2) is 0 Å². The summed E-state index contributed by atoms with van der Waals surface area (Å²) in [6.07, 6.45) is 1.34. The van der Waals surface area contributed by atoms with Gasteiger partial charge >= 0.3 is 5.97 Å². The van der Waals surface area contributed by atoms with Crippen molar-refractivity contribution in [2.75, 3.05) is 19.8 Å². The summed E-state index contributed by atoms with van der Waals surface area (Å²) in [5.74, 6) is 0.519. The van der Waals surface area contributed by atoms with E-state index in [4.69, 9.17) is 14.6 Å². The molecule has 0 atom stereocenters. The molecule has 3 rings (SSSR count). The molecule has 0 saturated carbocycles. The van der Waals surface area contributed by atoms with E-state index in [9.17, 15) is 9.59 Å². The quantitative estimate of drug-likeness (QED) is 0.740. The molecule has 7 heteroatoms. The number of hydrogen-bond donors (Lipinski definition) is 2. The number of aliphatic carboxylic acids is 1. The molecular formula is C18H19NO5S. The molecule has 132 valence electrons. The second-order valence-electron chi connectivity index (χ2n) is 5.63. The van der Waals surface area contributed by atoms with Crippen LogP contribution in [0.4, 0.5) is 0 Å². The average molecular weight is 361 g/mol. The summed E-state index contributed by atoms with van der Waals surface area (Å²) >= 11 is 1.41. The molecule has 25 heavy (non-hydrogen) atoms. The van der Waals surface area contributed by atoms with Gasteiger partial charge in [0, 0.05) is 17.8 Å². The largest absolute Gasteiger partial charge is 0.486 e. The standard InChI is InChI=1S/C18H19NO5S/c20-17(21)3-1-2-8-19-18(22)16-7-6-15(25-16)12-4-5-13-14(11-12)24-10-9-23-13/h4-7,11H,1-3,8-10H2,(H,19,22)(H,20,21). The Balaban J connectivity index is 1.58. The summed E-state index contributed by atoms with van der Waals surface area (Å²) in [7, 11) is 0. The highest BCUT2D eigenvalue weighted by Gasteiger charge is 2.14. The second kappa shape index (κ2) is 8.02. The minimum absolute atomic E-state index is 0.128. The molecule has 0 radical (unpaired) electrons. The van der Waals surface area contributed by atoms with E-state index >= 15 is 0 Å².